The van der Waals surface area contributed by atoms with Crippen LogP contribution in [0.2, 0.25) is 0 Å². The second-order valence-electron chi connectivity index (χ2n) is 5.30. The number of nitrogens with zero attached hydrogens (tertiary/aromatic N) is 1. The Hall–Kier alpha value is -1.91. The Morgan fingerprint density at radius 1 is 1.33 bits per heavy atom. The number of rotatable bonds is 3. The molecule has 0 saturated carbocycles. The Morgan fingerprint density at radius 3 is 2.57 bits per heavy atom. The van der Waals surface area contributed by atoms with Crippen molar-refractivity contribution in [3.63, 3.8) is 0 Å². The molecular weight excluding hydrogens is 273 g/mol. The van der Waals surface area contributed by atoms with Crippen LogP contribution in [0.25, 0.3) is 0 Å². The van der Waals surface area contributed by atoms with Gasteiger partial charge in [-0.25, -0.2) is 4.39 Å². The molecule has 1 aromatic rings. The molecule has 1 heterocycles. The summed E-state index contributed by atoms with van der Waals surface area (Å²) in [6, 6.07) is 4.60. The molecule has 5 heteroatoms. The van der Waals surface area contributed by atoms with Crippen molar-refractivity contribution >= 4 is 11.9 Å². The van der Waals surface area contributed by atoms with Crippen LogP contribution in [0.3, 0.4) is 0 Å². The summed E-state index contributed by atoms with van der Waals surface area (Å²) in [5, 5.41) is 0. The molecule has 2 rings (SSSR count). The topological polar surface area (TPSA) is 46.6 Å². The molecule has 4 nitrogen and oxygen atoms in total. The van der Waals surface area contributed by atoms with E-state index in [0.717, 1.165) is 5.56 Å². The molecule has 1 aromatic carbocycles. The van der Waals surface area contributed by atoms with Gasteiger partial charge in [0.1, 0.15) is 5.82 Å². The van der Waals surface area contributed by atoms with E-state index in [1.165, 1.54) is 12.1 Å². The normalized spacial score (nSPS) is 15.9. The lowest BCUT2D eigenvalue weighted by atomic mass is 9.96. The number of esters is 1. The van der Waals surface area contributed by atoms with E-state index < -0.39 is 5.82 Å². The SMILES string of the molecule is CCOC(=O)C1CCN(C(=O)c2ccc(C)cc2F)CC1. The Bertz CT molecular complexity index is 536. The molecule has 0 aliphatic carbocycles. The van der Waals surface area contributed by atoms with Crippen molar-refractivity contribution in [3.8, 4) is 0 Å². The highest BCUT2D eigenvalue weighted by molar-refractivity contribution is 5.94. The summed E-state index contributed by atoms with van der Waals surface area (Å²) in [5.41, 5.74) is 0.875. The Morgan fingerprint density at radius 2 is 2.00 bits per heavy atom. The number of piperidine rings is 1. The zero-order chi connectivity index (χ0) is 15.4. The molecule has 0 radical (unpaired) electrons. The van der Waals surface area contributed by atoms with Gasteiger partial charge in [-0.05, 0) is 44.4 Å². The molecule has 0 unspecified atom stereocenters. The predicted molar refractivity (Wildman–Crippen MR) is 76.4 cm³/mol. The highest BCUT2D eigenvalue weighted by atomic mass is 19.1. The maximum absolute atomic E-state index is 13.8. The number of benzene rings is 1. The van der Waals surface area contributed by atoms with Crippen molar-refractivity contribution in [2.75, 3.05) is 19.7 Å². The van der Waals surface area contributed by atoms with E-state index in [4.69, 9.17) is 4.74 Å². The molecule has 1 amide bonds. The van der Waals surface area contributed by atoms with E-state index in [0.29, 0.717) is 32.5 Å². The van der Waals surface area contributed by atoms with Crippen molar-refractivity contribution in [2.45, 2.75) is 26.7 Å². The number of amides is 1. The van der Waals surface area contributed by atoms with E-state index in [-0.39, 0.29) is 23.4 Å². The first-order valence-corrected chi connectivity index (χ1v) is 7.25. The second kappa shape index (κ2) is 6.70. The van der Waals surface area contributed by atoms with Crippen molar-refractivity contribution in [1.82, 2.24) is 4.90 Å². The lowest BCUT2D eigenvalue weighted by Crippen LogP contribution is -2.41. The van der Waals surface area contributed by atoms with E-state index in [1.807, 2.05) is 0 Å². The standard InChI is InChI=1S/C16H20FNO3/c1-3-21-16(20)12-6-8-18(9-7-12)15(19)13-5-4-11(2)10-14(13)17/h4-5,10,12H,3,6-9H2,1-2H3. The first kappa shape index (κ1) is 15.5. The third-order valence-electron chi connectivity index (χ3n) is 3.76. The smallest absolute Gasteiger partial charge is 0.309 e. The molecule has 21 heavy (non-hydrogen) atoms. The van der Waals surface area contributed by atoms with Gasteiger partial charge in [-0.1, -0.05) is 6.07 Å². The summed E-state index contributed by atoms with van der Waals surface area (Å²) in [7, 11) is 0. The number of hydrogen-bond acceptors (Lipinski definition) is 3. The van der Waals surface area contributed by atoms with E-state index in [2.05, 4.69) is 0 Å². The minimum Gasteiger partial charge on any atom is -0.466 e. The molecule has 0 N–H and O–H groups in total. The zero-order valence-electron chi connectivity index (χ0n) is 12.4. The average Bonchev–Trinajstić information content (AvgIpc) is 2.47. The lowest BCUT2D eigenvalue weighted by Gasteiger charge is -2.31. The Labute approximate surface area is 123 Å². The van der Waals surface area contributed by atoms with Crippen LogP contribution in [0.5, 0.6) is 0 Å². The zero-order valence-corrected chi connectivity index (χ0v) is 12.4. The Balaban J connectivity index is 1.98. The summed E-state index contributed by atoms with van der Waals surface area (Å²) < 4.78 is 18.8. The van der Waals surface area contributed by atoms with Crippen LogP contribution < -0.4 is 0 Å². The minimum absolute atomic E-state index is 0.0928. The van der Waals surface area contributed by atoms with Crippen molar-refractivity contribution in [3.05, 3.63) is 35.1 Å². The first-order valence-electron chi connectivity index (χ1n) is 7.25. The van der Waals surface area contributed by atoms with Gasteiger partial charge in [-0.2, -0.15) is 0 Å². The second-order valence-corrected chi connectivity index (χ2v) is 5.30. The van der Waals surface area contributed by atoms with Gasteiger partial charge in [0.15, 0.2) is 0 Å². The molecule has 1 aliphatic heterocycles. The number of likely N-dealkylation sites (tertiary alicyclic amines) is 1. The molecule has 0 bridgehead atoms. The lowest BCUT2D eigenvalue weighted by molar-refractivity contribution is -0.149. The minimum atomic E-state index is -0.493. The number of carbonyl (C=O) groups is 2. The van der Waals surface area contributed by atoms with Crippen LogP contribution in [0.1, 0.15) is 35.7 Å². The van der Waals surface area contributed by atoms with Crippen LogP contribution in [0.4, 0.5) is 4.39 Å². The monoisotopic (exact) mass is 293 g/mol. The summed E-state index contributed by atoms with van der Waals surface area (Å²) in [6.45, 7) is 4.83. The van der Waals surface area contributed by atoms with E-state index in [9.17, 15) is 14.0 Å². The number of ether oxygens (including phenoxy) is 1. The molecule has 0 atom stereocenters. The van der Waals surface area contributed by atoms with Gasteiger partial charge in [0.2, 0.25) is 0 Å². The average molecular weight is 293 g/mol. The third kappa shape index (κ3) is 3.60. The molecule has 114 valence electrons. The van der Waals surface area contributed by atoms with Gasteiger partial charge in [-0.3, -0.25) is 9.59 Å². The quantitative estimate of drug-likeness (QED) is 0.805. The largest absolute Gasteiger partial charge is 0.466 e. The summed E-state index contributed by atoms with van der Waals surface area (Å²) in [6.07, 6.45) is 1.14. The highest BCUT2D eigenvalue weighted by Crippen LogP contribution is 2.21. The molecule has 1 fully saturated rings. The predicted octanol–water partition coefficient (Wildman–Crippen LogP) is 2.55. The highest BCUT2D eigenvalue weighted by Gasteiger charge is 2.29. The molecule has 1 aliphatic rings. The van der Waals surface area contributed by atoms with Crippen LogP contribution >= 0.6 is 0 Å². The number of halogens is 1. The molecular formula is C16H20FNO3. The summed E-state index contributed by atoms with van der Waals surface area (Å²) >= 11 is 0. The number of carbonyl (C=O) groups excluding carboxylic acids is 2. The maximum Gasteiger partial charge on any atom is 0.309 e. The third-order valence-corrected chi connectivity index (χ3v) is 3.76. The van der Waals surface area contributed by atoms with Crippen LogP contribution in [-0.2, 0) is 9.53 Å². The summed E-state index contributed by atoms with van der Waals surface area (Å²) in [5.74, 6) is -1.16. The van der Waals surface area contributed by atoms with Crippen molar-refractivity contribution in [1.29, 1.82) is 0 Å². The van der Waals surface area contributed by atoms with E-state index >= 15 is 0 Å². The van der Waals surface area contributed by atoms with Gasteiger partial charge >= 0.3 is 5.97 Å². The fourth-order valence-electron chi connectivity index (χ4n) is 2.54. The van der Waals surface area contributed by atoms with Crippen LogP contribution in [-0.4, -0.2) is 36.5 Å². The molecule has 1 saturated heterocycles. The van der Waals surface area contributed by atoms with Gasteiger partial charge in [0.25, 0.3) is 5.91 Å². The van der Waals surface area contributed by atoms with Gasteiger partial charge in [-0.15, -0.1) is 0 Å². The van der Waals surface area contributed by atoms with Gasteiger partial charge in [0.05, 0.1) is 18.1 Å². The summed E-state index contributed by atoms with van der Waals surface area (Å²) in [4.78, 5) is 25.6. The molecule has 0 spiro atoms. The fraction of sp³-hybridized carbons (Fsp3) is 0.500. The first-order chi connectivity index (χ1) is 10.0. The maximum atomic E-state index is 13.8. The molecule has 0 aromatic heterocycles. The van der Waals surface area contributed by atoms with Crippen molar-refractivity contribution < 1.29 is 18.7 Å². The van der Waals surface area contributed by atoms with Crippen LogP contribution in [0, 0.1) is 18.7 Å². The van der Waals surface area contributed by atoms with Gasteiger partial charge in [0, 0.05) is 13.1 Å². The van der Waals surface area contributed by atoms with Gasteiger partial charge < -0.3 is 9.64 Å². The number of hydrogen-bond donors (Lipinski definition) is 0. The van der Waals surface area contributed by atoms with Crippen molar-refractivity contribution in [2.24, 2.45) is 5.92 Å². The number of aryl methyl sites for hydroxylation is 1. The fourth-order valence-corrected chi connectivity index (χ4v) is 2.54. The van der Waals surface area contributed by atoms with Crippen LogP contribution in [0.15, 0.2) is 18.2 Å². The van der Waals surface area contributed by atoms with E-state index in [1.54, 1.807) is 24.8 Å². The Kier molecular flexibility index (Phi) is 4.94.